The Morgan fingerprint density at radius 2 is 2.27 bits per heavy atom. The van der Waals surface area contributed by atoms with Gasteiger partial charge in [-0.15, -0.1) is 11.3 Å². The van der Waals surface area contributed by atoms with Gasteiger partial charge in [0, 0.05) is 31.3 Å². The second-order valence-electron chi connectivity index (χ2n) is 5.23. The van der Waals surface area contributed by atoms with Gasteiger partial charge in [0.2, 0.25) is 0 Å². The van der Waals surface area contributed by atoms with Crippen molar-refractivity contribution in [3.8, 4) is 0 Å². The lowest BCUT2D eigenvalue weighted by atomic mass is 10.2. The molecule has 0 aliphatic carbocycles. The van der Waals surface area contributed by atoms with Crippen LogP contribution in [0.15, 0.2) is 46.9 Å². The summed E-state index contributed by atoms with van der Waals surface area (Å²) < 4.78 is 7.69. The number of hydrogen-bond acceptors (Lipinski definition) is 3. The number of thiocarbonyl (C=S) groups is 1. The highest BCUT2D eigenvalue weighted by Crippen LogP contribution is 2.10. The fraction of sp³-hybridized carbons (Fsp3) is 0.375. The Kier molecular flexibility index (Phi) is 5.37. The summed E-state index contributed by atoms with van der Waals surface area (Å²) >= 11 is 6.91. The standard InChI is InChI=1S/C16H19N3OS2/c21-15(17-11-14-7-4-9-20-14)18-16-19(8-10-22-16)12-13-5-2-1-3-6-13/h1-3,5-6,8,10,14H,4,7,9,11-12H2,(H,17,21)/b18-16+. The van der Waals surface area contributed by atoms with Gasteiger partial charge in [0.1, 0.15) is 0 Å². The molecule has 1 aliphatic rings. The van der Waals surface area contributed by atoms with Crippen molar-refractivity contribution in [1.29, 1.82) is 0 Å². The average molecular weight is 333 g/mol. The zero-order valence-electron chi connectivity index (χ0n) is 12.3. The van der Waals surface area contributed by atoms with E-state index in [4.69, 9.17) is 17.0 Å². The van der Waals surface area contributed by atoms with Crippen molar-refractivity contribution < 1.29 is 4.74 Å². The van der Waals surface area contributed by atoms with Crippen LogP contribution in [0.4, 0.5) is 0 Å². The summed E-state index contributed by atoms with van der Waals surface area (Å²) in [4.78, 5) is 5.43. The number of rotatable bonds is 4. The SMILES string of the molecule is S=C(/N=c1/sccn1Cc1ccccc1)NCC1CCCO1. The van der Waals surface area contributed by atoms with E-state index >= 15 is 0 Å². The Hall–Kier alpha value is -1.50. The van der Waals surface area contributed by atoms with Crippen LogP contribution in [0.5, 0.6) is 0 Å². The van der Waals surface area contributed by atoms with Crippen LogP contribution in [0, 0.1) is 0 Å². The summed E-state index contributed by atoms with van der Waals surface area (Å²) in [6.07, 6.45) is 4.55. The van der Waals surface area contributed by atoms with Crippen molar-refractivity contribution in [2.75, 3.05) is 13.2 Å². The first-order chi connectivity index (χ1) is 10.8. The Morgan fingerprint density at radius 1 is 1.41 bits per heavy atom. The molecule has 1 atom stereocenters. The first kappa shape index (κ1) is 15.4. The van der Waals surface area contributed by atoms with E-state index in [9.17, 15) is 0 Å². The Balaban J connectivity index is 1.63. The second-order valence-corrected chi connectivity index (χ2v) is 6.49. The molecule has 6 heteroatoms. The zero-order valence-corrected chi connectivity index (χ0v) is 13.9. The highest BCUT2D eigenvalue weighted by atomic mass is 32.1. The molecular formula is C16H19N3OS2. The van der Waals surface area contributed by atoms with E-state index in [1.807, 2.05) is 29.8 Å². The molecule has 2 aromatic rings. The van der Waals surface area contributed by atoms with Crippen molar-refractivity contribution in [3.63, 3.8) is 0 Å². The van der Waals surface area contributed by atoms with E-state index in [-0.39, 0.29) is 6.10 Å². The van der Waals surface area contributed by atoms with Crippen molar-refractivity contribution >= 4 is 28.7 Å². The third-order valence-electron chi connectivity index (χ3n) is 3.56. The maximum Gasteiger partial charge on any atom is 0.195 e. The van der Waals surface area contributed by atoms with Crippen molar-refractivity contribution in [2.24, 2.45) is 4.99 Å². The summed E-state index contributed by atoms with van der Waals surface area (Å²) in [7, 11) is 0. The zero-order chi connectivity index (χ0) is 15.2. The van der Waals surface area contributed by atoms with Crippen LogP contribution in [-0.2, 0) is 11.3 Å². The Labute approximate surface area is 139 Å². The van der Waals surface area contributed by atoms with Gasteiger partial charge < -0.3 is 14.6 Å². The molecule has 22 heavy (non-hydrogen) atoms. The van der Waals surface area contributed by atoms with Crippen molar-refractivity contribution in [1.82, 2.24) is 9.88 Å². The molecule has 2 heterocycles. The lowest BCUT2D eigenvalue weighted by Gasteiger charge is -2.10. The number of nitrogens with one attached hydrogen (secondary N) is 1. The van der Waals surface area contributed by atoms with Gasteiger partial charge in [-0.2, -0.15) is 4.99 Å². The van der Waals surface area contributed by atoms with Gasteiger partial charge in [-0.25, -0.2) is 0 Å². The molecule has 0 bridgehead atoms. The highest BCUT2D eigenvalue weighted by Gasteiger charge is 2.15. The van der Waals surface area contributed by atoms with Crippen LogP contribution < -0.4 is 10.1 Å². The number of hydrogen-bond donors (Lipinski definition) is 1. The number of aromatic nitrogens is 1. The van der Waals surface area contributed by atoms with Crippen LogP contribution in [-0.4, -0.2) is 28.9 Å². The molecule has 1 aliphatic heterocycles. The van der Waals surface area contributed by atoms with Gasteiger partial charge in [0.15, 0.2) is 9.91 Å². The maximum atomic E-state index is 5.57. The topological polar surface area (TPSA) is 38.5 Å². The molecule has 0 spiro atoms. The fourth-order valence-electron chi connectivity index (χ4n) is 2.42. The fourth-order valence-corrected chi connectivity index (χ4v) is 3.38. The molecule has 1 unspecified atom stereocenters. The molecule has 116 valence electrons. The van der Waals surface area contributed by atoms with Gasteiger partial charge >= 0.3 is 0 Å². The maximum absolute atomic E-state index is 5.57. The van der Waals surface area contributed by atoms with Gasteiger partial charge in [0.05, 0.1) is 6.10 Å². The second kappa shape index (κ2) is 7.67. The summed E-state index contributed by atoms with van der Waals surface area (Å²) in [5.74, 6) is 0. The predicted octanol–water partition coefficient (Wildman–Crippen LogP) is 2.55. The Bertz CT molecular complexity index is 672. The lowest BCUT2D eigenvalue weighted by molar-refractivity contribution is 0.114. The van der Waals surface area contributed by atoms with E-state index in [0.29, 0.717) is 5.11 Å². The smallest absolute Gasteiger partial charge is 0.195 e. The predicted molar refractivity (Wildman–Crippen MR) is 93.0 cm³/mol. The normalized spacial score (nSPS) is 18.5. The molecule has 1 aromatic heterocycles. The first-order valence-corrected chi connectivity index (χ1v) is 8.72. The van der Waals surface area contributed by atoms with Gasteiger partial charge in [-0.3, -0.25) is 0 Å². The van der Waals surface area contributed by atoms with E-state index in [2.05, 4.69) is 27.0 Å². The molecule has 1 fully saturated rings. The molecular weight excluding hydrogens is 314 g/mol. The number of benzene rings is 1. The summed E-state index contributed by atoms with van der Waals surface area (Å²) in [5, 5.41) is 5.75. The molecule has 0 radical (unpaired) electrons. The largest absolute Gasteiger partial charge is 0.376 e. The minimum absolute atomic E-state index is 0.271. The summed E-state index contributed by atoms with van der Waals surface area (Å²) in [6.45, 7) is 2.40. The summed E-state index contributed by atoms with van der Waals surface area (Å²) in [5.41, 5.74) is 1.25. The minimum Gasteiger partial charge on any atom is -0.376 e. The van der Waals surface area contributed by atoms with Crippen LogP contribution in [0.25, 0.3) is 0 Å². The molecule has 1 aromatic carbocycles. The molecule has 1 N–H and O–H groups in total. The van der Waals surface area contributed by atoms with E-state index in [1.165, 1.54) is 5.56 Å². The van der Waals surface area contributed by atoms with Crippen molar-refractivity contribution in [3.05, 3.63) is 52.3 Å². The summed E-state index contributed by atoms with van der Waals surface area (Å²) in [6, 6.07) is 10.3. The van der Waals surface area contributed by atoms with Crippen LogP contribution in [0.3, 0.4) is 0 Å². The molecule has 0 saturated carbocycles. The first-order valence-electron chi connectivity index (χ1n) is 7.43. The number of thiazole rings is 1. The monoisotopic (exact) mass is 333 g/mol. The van der Waals surface area contributed by atoms with E-state index in [0.717, 1.165) is 37.3 Å². The lowest BCUT2D eigenvalue weighted by Crippen LogP contribution is -2.31. The molecule has 0 amide bonds. The Morgan fingerprint density at radius 3 is 3.05 bits per heavy atom. The number of ether oxygens (including phenoxy) is 1. The van der Waals surface area contributed by atoms with Gasteiger partial charge in [-0.1, -0.05) is 30.3 Å². The van der Waals surface area contributed by atoms with Crippen LogP contribution >= 0.6 is 23.6 Å². The highest BCUT2D eigenvalue weighted by molar-refractivity contribution is 7.80. The average Bonchev–Trinajstić information content (AvgIpc) is 3.19. The third kappa shape index (κ3) is 4.25. The third-order valence-corrected chi connectivity index (χ3v) is 4.59. The molecule has 1 saturated heterocycles. The number of nitrogens with zero attached hydrogens (tertiary/aromatic N) is 2. The van der Waals surface area contributed by atoms with E-state index < -0.39 is 0 Å². The quantitative estimate of drug-likeness (QED) is 0.874. The van der Waals surface area contributed by atoms with E-state index in [1.54, 1.807) is 11.3 Å². The van der Waals surface area contributed by atoms with Crippen molar-refractivity contribution in [2.45, 2.75) is 25.5 Å². The molecule has 4 nitrogen and oxygen atoms in total. The van der Waals surface area contributed by atoms with Gasteiger partial charge in [-0.05, 0) is 30.6 Å². The van der Waals surface area contributed by atoms with Crippen LogP contribution in [0.2, 0.25) is 0 Å². The van der Waals surface area contributed by atoms with Gasteiger partial charge in [0.25, 0.3) is 0 Å². The minimum atomic E-state index is 0.271. The van der Waals surface area contributed by atoms with Crippen LogP contribution in [0.1, 0.15) is 18.4 Å². The molecule has 3 rings (SSSR count).